The molecule has 0 atom stereocenters. The van der Waals surface area contributed by atoms with E-state index in [1.165, 1.54) is 6.21 Å². The van der Waals surface area contributed by atoms with Gasteiger partial charge in [0.25, 0.3) is 0 Å². The van der Waals surface area contributed by atoms with Crippen LogP contribution in [0, 0.1) is 12.1 Å². The van der Waals surface area contributed by atoms with Crippen molar-refractivity contribution in [1.82, 2.24) is 9.55 Å². The minimum atomic E-state index is 0.303. The second-order valence-corrected chi connectivity index (χ2v) is 5.10. The molecule has 2 heterocycles. The zero-order valence-electron chi connectivity index (χ0n) is 12.3. The molecule has 0 amide bonds. The molecule has 0 aliphatic heterocycles. The summed E-state index contributed by atoms with van der Waals surface area (Å²) in [5, 5.41) is 11.9. The highest BCUT2D eigenvalue weighted by Gasteiger charge is 2.06. The van der Waals surface area contributed by atoms with E-state index < -0.39 is 0 Å². The SMILES string of the molecule is Cc1nccn1Cc1ccc(C=[N+]([O-])Cc2ccccc2)o1. The van der Waals surface area contributed by atoms with E-state index in [9.17, 15) is 5.21 Å². The molecule has 112 valence electrons. The number of aryl methyl sites for hydroxylation is 1. The molecule has 3 aromatic rings. The first-order valence-corrected chi connectivity index (χ1v) is 7.10. The van der Waals surface area contributed by atoms with Crippen molar-refractivity contribution < 1.29 is 9.16 Å². The zero-order valence-corrected chi connectivity index (χ0v) is 12.3. The Kier molecular flexibility index (Phi) is 4.05. The van der Waals surface area contributed by atoms with Crippen molar-refractivity contribution in [3.05, 3.63) is 83.0 Å². The molecule has 0 saturated heterocycles. The third-order valence-corrected chi connectivity index (χ3v) is 3.38. The predicted octanol–water partition coefficient (Wildman–Crippen LogP) is 2.96. The Hall–Kier alpha value is -2.82. The van der Waals surface area contributed by atoms with Crippen LogP contribution in [0.5, 0.6) is 0 Å². The standard InChI is InChI=1S/C17H17N3O2/c1-14-18-9-10-19(14)12-16-7-8-17(22-16)13-20(21)11-15-5-3-2-4-6-15/h2-10,13H,11-12H2,1H3. The minimum absolute atomic E-state index is 0.303. The molecule has 0 bridgehead atoms. The molecule has 2 aromatic heterocycles. The first-order chi connectivity index (χ1) is 10.7. The summed E-state index contributed by atoms with van der Waals surface area (Å²) in [6, 6.07) is 13.3. The van der Waals surface area contributed by atoms with E-state index >= 15 is 0 Å². The van der Waals surface area contributed by atoms with Crippen LogP contribution < -0.4 is 0 Å². The number of nitrogens with zero attached hydrogens (tertiary/aromatic N) is 3. The maximum absolute atomic E-state index is 11.9. The van der Waals surface area contributed by atoms with Gasteiger partial charge in [0.15, 0.2) is 12.3 Å². The van der Waals surface area contributed by atoms with Crippen molar-refractivity contribution in [1.29, 1.82) is 0 Å². The Morgan fingerprint density at radius 3 is 2.77 bits per heavy atom. The number of aromatic nitrogens is 2. The fraction of sp³-hybridized carbons (Fsp3) is 0.176. The lowest BCUT2D eigenvalue weighted by atomic mass is 10.2. The molecular formula is C17H17N3O2. The molecule has 0 radical (unpaired) electrons. The van der Waals surface area contributed by atoms with Crippen molar-refractivity contribution in [2.24, 2.45) is 0 Å². The monoisotopic (exact) mass is 295 g/mol. The van der Waals surface area contributed by atoms with Gasteiger partial charge in [-0.05, 0) is 19.1 Å². The van der Waals surface area contributed by atoms with Crippen LogP contribution in [-0.2, 0) is 13.1 Å². The van der Waals surface area contributed by atoms with E-state index in [1.54, 1.807) is 12.3 Å². The van der Waals surface area contributed by atoms with E-state index in [4.69, 9.17) is 4.42 Å². The summed E-state index contributed by atoms with van der Waals surface area (Å²) < 4.78 is 8.54. The number of imidazole rings is 1. The molecule has 0 spiro atoms. The molecule has 0 saturated carbocycles. The van der Waals surface area contributed by atoms with Gasteiger partial charge >= 0.3 is 0 Å². The third-order valence-electron chi connectivity index (χ3n) is 3.38. The van der Waals surface area contributed by atoms with Crippen LogP contribution in [-0.4, -0.2) is 20.5 Å². The van der Waals surface area contributed by atoms with Gasteiger partial charge < -0.3 is 14.2 Å². The lowest BCUT2D eigenvalue weighted by Gasteiger charge is -2.03. The van der Waals surface area contributed by atoms with Crippen molar-refractivity contribution in [3.63, 3.8) is 0 Å². The van der Waals surface area contributed by atoms with Gasteiger partial charge in [0, 0.05) is 18.0 Å². The lowest BCUT2D eigenvalue weighted by molar-refractivity contribution is -0.469. The Morgan fingerprint density at radius 1 is 1.23 bits per heavy atom. The minimum Gasteiger partial charge on any atom is -0.623 e. The summed E-state index contributed by atoms with van der Waals surface area (Å²) in [6.45, 7) is 2.85. The van der Waals surface area contributed by atoms with E-state index in [-0.39, 0.29) is 0 Å². The topological polar surface area (TPSA) is 57.0 Å². The van der Waals surface area contributed by atoms with E-state index in [0.717, 1.165) is 21.9 Å². The fourth-order valence-electron chi connectivity index (χ4n) is 2.24. The van der Waals surface area contributed by atoms with Gasteiger partial charge in [-0.2, -0.15) is 0 Å². The van der Waals surface area contributed by atoms with Gasteiger partial charge in [0.1, 0.15) is 11.6 Å². The van der Waals surface area contributed by atoms with E-state index in [1.807, 2.05) is 54.1 Å². The summed E-state index contributed by atoms with van der Waals surface area (Å²) in [7, 11) is 0. The number of hydrogen-bond acceptors (Lipinski definition) is 3. The Balaban J connectivity index is 1.68. The molecule has 5 heteroatoms. The molecule has 0 unspecified atom stereocenters. The van der Waals surface area contributed by atoms with Crippen molar-refractivity contribution in [2.75, 3.05) is 0 Å². The van der Waals surface area contributed by atoms with Gasteiger partial charge in [0.05, 0.1) is 6.54 Å². The average molecular weight is 295 g/mol. The second-order valence-electron chi connectivity index (χ2n) is 5.10. The predicted molar refractivity (Wildman–Crippen MR) is 83.7 cm³/mol. The van der Waals surface area contributed by atoms with Crippen LogP contribution in [0.4, 0.5) is 0 Å². The highest BCUT2D eigenvalue weighted by atomic mass is 16.5. The van der Waals surface area contributed by atoms with Crippen LogP contribution in [0.15, 0.2) is 59.3 Å². The van der Waals surface area contributed by atoms with Crippen molar-refractivity contribution in [3.8, 4) is 0 Å². The number of hydroxylamine groups is 1. The molecule has 0 aliphatic carbocycles. The van der Waals surface area contributed by atoms with Crippen molar-refractivity contribution >= 4 is 6.21 Å². The smallest absolute Gasteiger partial charge is 0.217 e. The first kappa shape index (κ1) is 14.1. The molecule has 5 nitrogen and oxygen atoms in total. The normalized spacial score (nSPS) is 11.8. The van der Waals surface area contributed by atoms with Crippen LogP contribution in [0.2, 0.25) is 0 Å². The molecule has 3 rings (SSSR count). The van der Waals surface area contributed by atoms with Gasteiger partial charge in [-0.15, -0.1) is 0 Å². The van der Waals surface area contributed by atoms with Crippen molar-refractivity contribution in [2.45, 2.75) is 20.0 Å². The largest absolute Gasteiger partial charge is 0.623 e. The van der Waals surface area contributed by atoms with Crippen LogP contribution >= 0.6 is 0 Å². The molecule has 0 N–H and O–H groups in total. The Bertz CT molecular complexity index is 772. The van der Waals surface area contributed by atoms with Gasteiger partial charge in [-0.1, -0.05) is 30.3 Å². The maximum atomic E-state index is 11.9. The second kappa shape index (κ2) is 6.30. The van der Waals surface area contributed by atoms with E-state index in [0.29, 0.717) is 18.8 Å². The Morgan fingerprint density at radius 2 is 2.05 bits per heavy atom. The molecule has 22 heavy (non-hydrogen) atoms. The highest BCUT2D eigenvalue weighted by Crippen LogP contribution is 2.09. The zero-order chi connectivity index (χ0) is 15.4. The number of furan rings is 1. The highest BCUT2D eigenvalue weighted by molar-refractivity contribution is 5.71. The number of rotatable bonds is 5. The fourth-order valence-corrected chi connectivity index (χ4v) is 2.24. The van der Waals surface area contributed by atoms with Gasteiger partial charge in [0.2, 0.25) is 6.21 Å². The summed E-state index contributed by atoms with van der Waals surface area (Å²) >= 11 is 0. The van der Waals surface area contributed by atoms with E-state index in [2.05, 4.69) is 4.98 Å². The summed E-state index contributed by atoms with van der Waals surface area (Å²) in [6.07, 6.45) is 5.12. The maximum Gasteiger partial charge on any atom is 0.217 e. The van der Waals surface area contributed by atoms with Crippen LogP contribution in [0.25, 0.3) is 0 Å². The summed E-state index contributed by atoms with van der Waals surface area (Å²) in [5.41, 5.74) is 0.967. The van der Waals surface area contributed by atoms with Gasteiger partial charge in [-0.3, -0.25) is 0 Å². The van der Waals surface area contributed by atoms with Gasteiger partial charge in [-0.25, -0.2) is 9.72 Å². The summed E-state index contributed by atoms with van der Waals surface area (Å²) in [4.78, 5) is 4.17. The molecule has 1 aromatic carbocycles. The lowest BCUT2D eigenvalue weighted by Crippen LogP contribution is -2.05. The number of benzene rings is 1. The molecular weight excluding hydrogens is 278 g/mol. The average Bonchev–Trinajstić information content (AvgIpc) is 3.10. The quantitative estimate of drug-likeness (QED) is 0.315. The first-order valence-electron chi connectivity index (χ1n) is 7.10. The van der Waals surface area contributed by atoms with Crippen LogP contribution in [0.1, 0.15) is 22.9 Å². The number of hydrogen-bond donors (Lipinski definition) is 0. The molecule has 0 aliphatic rings. The van der Waals surface area contributed by atoms with Crippen LogP contribution in [0.3, 0.4) is 0 Å². The Labute approximate surface area is 128 Å². The molecule has 0 fully saturated rings. The summed E-state index contributed by atoms with van der Waals surface area (Å²) in [5.74, 6) is 2.27. The third kappa shape index (κ3) is 3.44.